The van der Waals surface area contributed by atoms with Crippen LogP contribution in [0.25, 0.3) is 0 Å². The van der Waals surface area contributed by atoms with E-state index in [0.29, 0.717) is 0 Å². The van der Waals surface area contributed by atoms with Crippen LogP contribution in [0.3, 0.4) is 0 Å². The number of carbonyl (C=O) groups is 1. The average Bonchev–Trinajstić information content (AvgIpc) is 2.65. The van der Waals surface area contributed by atoms with Crippen molar-refractivity contribution in [3.8, 4) is 0 Å². The number of carbonyl (C=O) groups excluding carboxylic acids is 1. The molecule has 0 N–H and O–H groups in total. The zero-order valence-corrected chi connectivity index (χ0v) is 18.2. The average molecular weight is 384 g/mol. The van der Waals surface area contributed by atoms with Gasteiger partial charge in [0, 0.05) is 12.4 Å². The smallest absolute Gasteiger partial charge is 0.102 e. The van der Waals surface area contributed by atoms with Gasteiger partial charge in [-0.25, -0.2) is 0 Å². The van der Waals surface area contributed by atoms with E-state index >= 15 is 0 Å². The van der Waals surface area contributed by atoms with Crippen molar-refractivity contribution >= 4 is 5.97 Å². The van der Waals surface area contributed by atoms with Gasteiger partial charge < -0.3 is 19.1 Å². The first kappa shape index (κ1) is 24.4. The van der Waals surface area contributed by atoms with E-state index in [1.165, 1.54) is 77.0 Å². The maximum Gasteiger partial charge on any atom is 0.102 e. The fourth-order valence-electron chi connectivity index (χ4n) is 4.35. The highest BCUT2D eigenvalue weighted by Gasteiger charge is 2.34. The topological polar surface area (TPSA) is 49.4 Å². The van der Waals surface area contributed by atoms with Gasteiger partial charge in [-0.05, 0) is 12.8 Å². The van der Waals surface area contributed by atoms with Gasteiger partial charge in [-0.2, -0.15) is 0 Å². The molecule has 1 saturated heterocycles. The maximum atomic E-state index is 11.2. The van der Waals surface area contributed by atoms with Gasteiger partial charge in [0.25, 0.3) is 0 Å². The van der Waals surface area contributed by atoms with Crippen molar-refractivity contribution in [2.45, 2.75) is 109 Å². The van der Waals surface area contributed by atoms with Crippen LogP contribution < -0.4 is 5.11 Å². The van der Waals surface area contributed by atoms with Gasteiger partial charge in [0.2, 0.25) is 0 Å². The second kappa shape index (κ2) is 15.3. The molecule has 0 aromatic rings. The van der Waals surface area contributed by atoms with Crippen molar-refractivity contribution in [3.63, 3.8) is 0 Å². The molecule has 4 heteroatoms. The van der Waals surface area contributed by atoms with E-state index in [1.807, 2.05) is 0 Å². The Labute approximate surface area is 168 Å². The molecule has 0 radical (unpaired) electrons. The van der Waals surface area contributed by atoms with Gasteiger partial charge in [-0.3, -0.25) is 0 Å². The third-order valence-electron chi connectivity index (χ3n) is 6.42. The highest BCUT2D eigenvalue weighted by Crippen LogP contribution is 2.22. The first-order chi connectivity index (χ1) is 13.1. The van der Waals surface area contributed by atoms with E-state index in [4.69, 9.17) is 4.74 Å². The van der Waals surface area contributed by atoms with Crippen LogP contribution in [-0.4, -0.2) is 49.8 Å². The molecule has 1 aliphatic heterocycles. The van der Waals surface area contributed by atoms with Gasteiger partial charge in [-0.15, -0.1) is 0 Å². The standard InChI is InChI=1S/C23H45NO3/c1-3-4-5-6-7-8-9-10-11-12-13-14-15-16-22(21-23(25)26)24(2)17-19-27-20-18-24/h22H,3-21H2,1-2H3. The van der Waals surface area contributed by atoms with Crippen molar-refractivity contribution in [1.82, 2.24) is 0 Å². The first-order valence-corrected chi connectivity index (χ1v) is 11.7. The maximum absolute atomic E-state index is 11.2. The Kier molecular flexibility index (Phi) is 13.9. The number of ether oxygens (including phenoxy) is 1. The number of rotatable bonds is 17. The molecule has 0 spiro atoms. The summed E-state index contributed by atoms with van der Waals surface area (Å²) >= 11 is 0. The highest BCUT2D eigenvalue weighted by atomic mass is 16.5. The molecule has 0 aliphatic carbocycles. The lowest BCUT2D eigenvalue weighted by molar-refractivity contribution is -0.940. The van der Waals surface area contributed by atoms with Gasteiger partial charge in [0.1, 0.15) is 13.1 Å². The molecule has 1 atom stereocenters. The predicted molar refractivity (Wildman–Crippen MR) is 110 cm³/mol. The summed E-state index contributed by atoms with van der Waals surface area (Å²) < 4.78 is 6.30. The Morgan fingerprint density at radius 1 is 0.852 bits per heavy atom. The van der Waals surface area contributed by atoms with Crippen molar-refractivity contribution in [1.29, 1.82) is 0 Å². The Bertz CT molecular complexity index is 367. The van der Waals surface area contributed by atoms with Crippen LogP contribution >= 0.6 is 0 Å². The number of hydrogen-bond acceptors (Lipinski definition) is 3. The second-order valence-corrected chi connectivity index (χ2v) is 8.80. The van der Waals surface area contributed by atoms with Gasteiger partial charge >= 0.3 is 0 Å². The molecule has 0 aromatic carbocycles. The summed E-state index contributed by atoms with van der Waals surface area (Å²) in [4.78, 5) is 11.2. The number of carboxylic acids is 1. The zero-order chi connectivity index (χ0) is 19.8. The van der Waals surface area contributed by atoms with Crippen LogP contribution in [0.4, 0.5) is 0 Å². The lowest BCUT2D eigenvalue weighted by atomic mass is 9.99. The number of aliphatic carboxylic acids is 1. The third-order valence-corrected chi connectivity index (χ3v) is 6.42. The molecule has 0 bridgehead atoms. The minimum atomic E-state index is -0.902. The summed E-state index contributed by atoms with van der Waals surface area (Å²) in [6.45, 7) is 5.62. The van der Waals surface area contributed by atoms with E-state index in [1.54, 1.807) is 0 Å². The lowest BCUT2D eigenvalue weighted by Gasteiger charge is -2.44. The minimum absolute atomic E-state index is 0.187. The number of nitrogens with zero attached hydrogens (tertiary/aromatic N) is 1. The Morgan fingerprint density at radius 2 is 1.30 bits per heavy atom. The van der Waals surface area contributed by atoms with Crippen molar-refractivity contribution in [3.05, 3.63) is 0 Å². The minimum Gasteiger partial charge on any atom is -0.550 e. The Hall–Kier alpha value is -0.610. The van der Waals surface area contributed by atoms with E-state index in [-0.39, 0.29) is 12.5 Å². The van der Waals surface area contributed by atoms with E-state index in [0.717, 1.165) is 43.6 Å². The zero-order valence-electron chi connectivity index (χ0n) is 18.2. The molecule has 1 aliphatic rings. The highest BCUT2D eigenvalue weighted by molar-refractivity contribution is 5.64. The molecule has 0 saturated carbocycles. The van der Waals surface area contributed by atoms with Crippen LogP contribution in [-0.2, 0) is 9.53 Å². The van der Waals surface area contributed by atoms with E-state index in [2.05, 4.69) is 14.0 Å². The normalized spacial score (nSPS) is 17.7. The number of unbranched alkanes of at least 4 members (excludes halogenated alkanes) is 12. The Morgan fingerprint density at radius 3 is 1.74 bits per heavy atom. The lowest BCUT2D eigenvalue weighted by Crippen LogP contribution is -2.59. The fraction of sp³-hybridized carbons (Fsp3) is 0.957. The van der Waals surface area contributed by atoms with E-state index in [9.17, 15) is 9.90 Å². The molecular weight excluding hydrogens is 338 g/mol. The quantitative estimate of drug-likeness (QED) is 0.275. The van der Waals surface area contributed by atoms with Crippen LogP contribution in [0.5, 0.6) is 0 Å². The van der Waals surface area contributed by atoms with Gasteiger partial charge in [0.05, 0.1) is 26.3 Å². The fourth-order valence-corrected chi connectivity index (χ4v) is 4.35. The van der Waals surface area contributed by atoms with Crippen LogP contribution in [0.1, 0.15) is 103 Å². The molecule has 4 nitrogen and oxygen atoms in total. The number of carboxylic acid groups (broad SMARTS) is 1. The number of quaternary nitrogens is 1. The SMILES string of the molecule is CCCCCCCCCCCCCCCC(CC(=O)[O-])[N+]1(C)CCOCC1. The Balaban J connectivity index is 2.03. The van der Waals surface area contributed by atoms with Crippen LogP contribution in [0.2, 0.25) is 0 Å². The first-order valence-electron chi connectivity index (χ1n) is 11.7. The second-order valence-electron chi connectivity index (χ2n) is 8.80. The summed E-state index contributed by atoms with van der Waals surface area (Å²) in [5.41, 5.74) is 0. The monoisotopic (exact) mass is 383 g/mol. The predicted octanol–water partition coefficient (Wildman–Crippen LogP) is 4.45. The number of likely N-dealkylation sites (N-methyl/N-ethyl adjacent to an activating group) is 1. The third kappa shape index (κ3) is 11.7. The van der Waals surface area contributed by atoms with Crippen molar-refractivity contribution in [2.75, 3.05) is 33.4 Å². The van der Waals surface area contributed by atoms with Crippen LogP contribution in [0, 0.1) is 0 Å². The van der Waals surface area contributed by atoms with Crippen molar-refractivity contribution in [2.24, 2.45) is 0 Å². The number of hydrogen-bond donors (Lipinski definition) is 0. The van der Waals surface area contributed by atoms with Crippen LogP contribution in [0.15, 0.2) is 0 Å². The van der Waals surface area contributed by atoms with Gasteiger partial charge in [0.15, 0.2) is 0 Å². The molecule has 27 heavy (non-hydrogen) atoms. The molecule has 0 amide bonds. The largest absolute Gasteiger partial charge is 0.550 e. The summed E-state index contributed by atoms with van der Waals surface area (Å²) in [5, 5.41) is 11.2. The molecule has 1 fully saturated rings. The summed E-state index contributed by atoms with van der Waals surface area (Å²) in [6.07, 6.45) is 18.7. The van der Waals surface area contributed by atoms with Crippen molar-refractivity contribution < 1.29 is 19.1 Å². The van der Waals surface area contributed by atoms with E-state index < -0.39 is 5.97 Å². The molecule has 1 heterocycles. The summed E-state index contributed by atoms with van der Waals surface area (Å²) in [7, 11) is 2.19. The molecular formula is C23H45NO3. The molecule has 160 valence electrons. The molecule has 1 rings (SSSR count). The molecule has 0 aromatic heterocycles. The summed E-state index contributed by atoms with van der Waals surface area (Å²) in [5.74, 6) is -0.902. The molecule has 1 unspecified atom stereocenters. The number of morpholine rings is 1. The summed E-state index contributed by atoms with van der Waals surface area (Å²) in [6, 6.07) is 0.187. The van der Waals surface area contributed by atoms with Gasteiger partial charge in [-0.1, -0.05) is 84.0 Å².